The molecule has 2 heterocycles. The number of fused-ring (bicyclic) bond motifs is 3. The SMILES string of the molecule is [2H]c1c([2H])c([2H])c(-c2nc(-c3ccccc3)cc(-c3ccc(-n4c5ccc(-c6ccccc6)cc5c5cc(-c6ccccc6)ccc54)cc3)n2)c([2H])c1[2H]. The molecular weight excluding hydrogens is 595 g/mol. The highest BCUT2D eigenvalue weighted by molar-refractivity contribution is 6.11. The first-order valence-electron chi connectivity index (χ1n) is 18.7. The summed E-state index contributed by atoms with van der Waals surface area (Å²) in [4.78, 5) is 9.55. The molecule has 3 nitrogen and oxygen atoms in total. The molecule has 0 saturated carbocycles. The minimum Gasteiger partial charge on any atom is -0.309 e. The zero-order valence-electron chi connectivity index (χ0n) is 31.4. The van der Waals surface area contributed by atoms with Gasteiger partial charge in [0.2, 0.25) is 0 Å². The summed E-state index contributed by atoms with van der Waals surface area (Å²) >= 11 is 0. The van der Waals surface area contributed by atoms with Crippen molar-refractivity contribution in [3.63, 3.8) is 0 Å². The fourth-order valence-electron chi connectivity index (χ4n) is 6.53. The van der Waals surface area contributed by atoms with Gasteiger partial charge in [-0.3, -0.25) is 0 Å². The molecule has 0 saturated heterocycles. The lowest BCUT2D eigenvalue weighted by molar-refractivity contribution is 1.17. The van der Waals surface area contributed by atoms with E-state index in [9.17, 15) is 0 Å². The Hall–Kier alpha value is -6.58. The molecule has 2 aromatic heterocycles. The van der Waals surface area contributed by atoms with Crippen LogP contribution in [0.1, 0.15) is 6.85 Å². The van der Waals surface area contributed by atoms with E-state index in [1.807, 2.05) is 60.7 Å². The van der Waals surface area contributed by atoms with Crippen LogP contribution in [0.5, 0.6) is 0 Å². The second-order valence-electron chi connectivity index (χ2n) is 11.9. The summed E-state index contributed by atoms with van der Waals surface area (Å²) in [6.45, 7) is 0. The van der Waals surface area contributed by atoms with Crippen LogP contribution in [0.15, 0.2) is 188 Å². The third-order valence-electron chi connectivity index (χ3n) is 8.92. The maximum atomic E-state index is 8.63. The van der Waals surface area contributed by atoms with Crippen LogP contribution in [0.25, 0.3) is 83.6 Å². The predicted octanol–water partition coefficient (Wildman–Crippen LogP) is 11.9. The van der Waals surface area contributed by atoms with Gasteiger partial charge in [0.25, 0.3) is 0 Å². The summed E-state index contributed by atoms with van der Waals surface area (Å²) in [7, 11) is 0. The van der Waals surface area contributed by atoms with Gasteiger partial charge in [-0.2, -0.15) is 0 Å². The quantitative estimate of drug-likeness (QED) is 0.183. The van der Waals surface area contributed by atoms with E-state index in [1.54, 1.807) is 0 Å². The molecule has 0 bridgehead atoms. The Morgan fingerprint density at radius 2 is 0.837 bits per heavy atom. The highest BCUT2D eigenvalue weighted by atomic mass is 15.0. The largest absolute Gasteiger partial charge is 0.309 e. The fraction of sp³-hybridized carbons (Fsp3) is 0. The van der Waals surface area contributed by atoms with E-state index in [1.165, 1.54) is 0 Å². The van der Waals surface area contributed by atoms with Gasteiger partial charge in [0.15, 0.2) is 5.82 Å². The zero-order valence-corrected chi connectivity index (χ0v) is 26.4. The van der Waals surface area contributed by atoms with E-state index in [-0.39, 0.29) is 23.5 Å². The van der Waals surface area contributed by atoms with Crippen molar-refractivity contribution in [2.45, 2.75) is 0 Å². The number of benzene rings is 7. The topological polar surface area (TPSA) is 30.7 Å². The van der Waals surface area contributed by atoms with Crippen molar-refractivity contribution in [1.29, 1.82) is 0 Å². The van der Waals surface area contributed by atoms with Crippen molar-refractivity contribution < 1.29 is 6.85 Å². The summed E-state index contributed by atoms with van der Waals surface area (Å²) in [6.07, 6.45) is 0. The summed E-state index contributed by atoms with van der Waals surface area (Å²) < 4.78 is 44.2. The molecule has 0 radical (unpaired) electrons. The van der Waals surface area contributed by atoms with Crippen LogP contribution in [-0.4, -0.2) is 14.5 Å². The van der Waals surface area contributed by atoms with Gasteiger partial charge >= 0.3 is 0 Å². The highest BCUT2D eigenvalue weighted by Gasteiger charge is 2.16. The summed E-state index contributed by atoms with van der Waals surface area (Å²) in [5, 5.41) is 2.31. The molecule has 0 aliphatic heterocycles. The third kappa shape index (κ3) is 5.38. The van der Waals surface area contributed by atoms with Crippen molar-refractivity contribution in [2.75, 3.05) is 0 Å². The van der Waals surface area contributed by atoms with Gasteiger partial charge in [-0.05, 0) is 64.7 Å². The predicted molar refractivity (Wildman–Crippen MR) is 204 cm³/mol. The fourth-order valence-corrected chi connectivity index (χ4v) is 6.53. The average molecular weight is 631 g/mol. The molecule has 0 amide bonds. The maximum absolute atomic E-state index is 8.63. The number of nitrogens with zero attached hydrogens (tertiary/aromatic N) is 3. The Morgan fingerprint density at radius 1 is 0.388 bits per heavy atom. The molecular formula is C46H31N3. The van der Waals surface area contributed by atoms with E-state index in [2.05, 4.69) is 102 Å². The van der Waals surface area contributed by atoms with Crippen LogP contribution in [0, 0.1) is 0 Å². The summed E-state index contributed by atoms with van der Waals surface area (Å²) in [6, 6.07) is 51.7. The van der Waals surface area contributed by atoms with Crippen LogP contribution < -0.4 is 0 Å². The van der Waals surface area contributed by atoms with E-state index in [0.717, 1.165) is 60.9 Å². The molecule has 0 unspecified atom stereocenters. The van der Waals surface area contributed by atoms with Gasteiger partial charge in [0.1, 0.15) is 0 Å². The summed E-state index contributed by atoms with van der Waals surface area (Å²) in [5.74, 6) is 0.0678. The Bertz CT molecular complexity index is 2730. The van der Waals surface area contributed by atoms with E-state index in [0.29, 0.717) is 11.4 Å². The number of aromatic nitrogens is 3. The van der Waals surface area contributed by atoms with Crippen LogP contribution in [0.4, 0.5) is 0 Å². The zero-order chi connectivity index (χ0) is 36.9. The molecule has 49 heavy (non-hydrogen) atoms. The van der Waals surface area contributed by atoms with Gasteiger partial charge < -0.3 is 4.57 Å². The minimum absolute atomic E-state index is 0.0355. The van der Waals surface area contributed by atoms with Gasteiger partial charge in [-0.1, -0.05) is 145 Å². The summed E-state index contributed by atoms with van der Waals surface area (Å²) in [5.41, 5.74) is 10.5. The van der Waals surface area contributed by atoms with Crippen LogP contribution in [-0.2, 0) is 0 Å². The molecule has 230 valence electrons. The molecule has 0 aliphatic rings. The van der Waals surface area contributed by atoms with E-state index in [4.69, 9.17) is 16.8 Å². The lowest BCUT2D eigenvalue weighted by atomic mass is 10.0. The first kappa shape index (κ1) is 23.7. The second-order valence-corrected chi connectivity index (χ2v) is 11.9. The van der Waals surface area contributed by atoms with Gasteiger partial charge in [0, 0.05) is 33.2 Å². The van der Waals surface area contributed by atoms with Crippen molar-refractivity contribution >= 4 is 21.8 Å². The first-order chi connectivity index (χ1) is 26.4. The van der Waals surface area contributed by atoms with Crippen LogP contribution >= 0.6 is 0 Å². The maximum Gasteiger partial charge on any atom is 0.160 e. The van der Waals surface area contributed by atoms with Crippen LogP contribution in [0.2, 0.25) is 0 Å². The standard InChI is InChI=1S/C46H31N3/c1-5-13-32(14-6-1)37-23-27-44-40(29-37)41-30-38(33-15-7-2-8-16-33)24-28-45(41)49(44)39-25-21-35(22-26-39)43-31-42(34-17-9-3-10-18-34)47-46(48-43)36-19-11-4-12-20-36/h1-31H/i4D,11D,12D,19D,20D. The number of rotatable bonds is 6. The third-order valence-corrected chi connectivity index (χ3v) is 8.92. The lowest BCUT2D eigenvalue weighted by Crippen LogP contribution is -1.97. The van der Waals surface area contributed by atoms with Crippen molar-refractivity contribution in [1.82, 2.24) is 14.5 Å². The smallest absolute Gasteiger partial charge is 0.160 e. The average Bonchev–Trinajstić information content (AvgIpc) is 3.56. The van der Waals surface area contributed by atoms with Crippen LogP contribution in [0.3, 0.4) is 0 Å². The van der Waals surface area contributed by atoms with Crippen molar-refractivity contribution in [3.8, 4) is 61.8 Å². The minimum atomic E-state index is -0.457. The Labute approximate surface area is 292 Å². The van der Waals surface area contributed by atoms with E-state index >= 15 is 0 Å². The number of hydrogen-bond acceptors (Lipinski definition) is 2. The van der Waals surface area contributed by atoms with Gasteiger partial charge in [-0.15, -0.1) is 0 Å². The molecule has 0 atom stereocenters. The normalized spacial score (nSPS) is 12.7. The van der Waals surface area contributed by atoms with E-state index < -0.39 is 18.1 Å². The molecule has 9 aromatic rings. The molecule has 0 fully saturated rings. The molecule has 0 aliphatic carbocycles. The Balaban J connectivity index is 1.20. The van der Waals surface area contributed by atoms with Crippen molar-refractivity contribution in [2.24, 2.45) is 0 Å². The molecule has 9 rings (SSSR count). The van der Waals surface area contributed by atoms with Gasteiger partial charge in [-0.25, -0.2) is 9.97 Å². The molecule has 0 spiro atoms. The Kier molecular flexibility index (Phi) is 5.91. The highest BCUT2D eigenvalue weighted by Crippen LogP contribution is 2.38. The lowest BCUT2D eigenvalue weighted by Gasteiger charge is -2.12. The Morgan fingerprint density at radius 3 is 1.35 bits per heavy atom. The first-order valence-corrected chi connectivity index (χ1v) is 16.2. The number of hydrogen-bond donors (Lipinski definition) is 0. The van der Waals surface area contributed by atoms with Crippen molar-refractivity contribution in [3.05, 3.63) is 188 Å². The molecule has 3 heteroatoms. The monoisotopic (exact) mass is 630 g/mol. The second kappa shape index (κ2) is 12.2. The van der Waals surface area contributed by atoms with Gasteiger partial charge in [0.05, 0.1) is 29.3 Å². The molecule has 7 aromatic carbocycles. The molecule has 0 N–H and O–H groups in total.